The lowest BCUT2D eigenvalue weighted by Crippen LogP contribution is -2.39. The van der Waals surface area contributed by atoms with Gasteiger partial charge in [-0.05, 0) is 54.4 Å². The van der Waals surface area contributed by atoms with Crippen molar-refractivity contribution in [1.82, 2.24) is 4.98 Å². The van der Waals surface area contributed by atoms with Crippen molar-refractivity contribution < 1.29 is 19.1 Å². The summed E-state index contributed by atoms with van der Waals surface area (Å²) in [6, 6.07) is 16.5. The fourth-order valence-corrected chi connectivity index (χ4v) is 4.46. The maximum atomic E-state index is 13.6. The number of carbonyl (C=O) groups excluding carboxylic acids is 2. The number of unbranched alkanes of at least 4 members (excludes halogenated alkanes) is 6. The number of cyclic esters (lactones) is 1. The second kappa shape index (κ2) is 13.1. The summed E-state index contributed by atoms with van der Waals surface area (Å²) in [5.41, 5.74) is 3.18. The summed E-state index contributed by atoms with van der Waals surface area (Å²) in [7, 11) is 0. The van der Waals surface area contributed by atoms with E-state index in [1.54, 1.807) is 55.3 Å². The molecular weight excluding hydrogens is 488 g/mol. The minimum absolute atomic E-state index is 0.226. The van der Waals surface area contributed by atoms with Gasteiger partial charge < -0.3 is 14.4 Å². The molecule has 0 radical (unpaired) electrons. The van der Waals surface area contributed by atoms with Gasteiger partial charge in [-0.15, -0.1) is 0 Å². The maximum Gasteiger partial charge on any atom is 0.345 e. The van der Waals surface area contributed by atoms with Crippen LogP contribution in [0.2, 0.25) is 0 Å². The Morgan fingerprint density at radius 1 is 0.974 bits per heavy atom. The van der Waals surface area contributed by atoms with Crippen LogP contribution in [0.5, 0.6) is 5.75 Å². The SMILES string of the molecule is CCCCCCCCC#Cc1ccc(CN(C(=O)c2cccnc2)c2ccc3c(c2)C(=O)OC(C)(C)O3)cc1. The first-order valence-electron chi connectivity index (χ1n) is 13.7. The Kier molecular flexibility index (Phi) is 9.38. The molecule has 0 saturated heterocycles. The fourth-order valence-electron chi connectivity index (χ4n) is 4.46. The Morgan fingerprint density at radius 2 is 1.74 bits per heavy atom. The average Bonchev–Trinajstić information content (AvgIpc) is 2.93. The highest BCUT2D eigenvalue weighted by Gasteiger charge is 2.34. The van der Waals surface area contributed by atoms with Crippen molar-refractivity contribution >= 4 is 17.6 Å². The molecule has 6 heteroatoms. The molecule has 3 aromatic rings. The fraction of sp³-hybridized carbons (Fsp3) is 0.364. The van der Waals surface area contributed by atoms with E-state index in [-0.39, 0.29) is 11.5 Å². The van der Waals surface area contributed by atoms with Crippen molar-refractivity contribution in [3.05, 3.63) is 89.2 Å². The number of anilines is 1. The van der Waals surface area contributed by atoms with Crippen LogP contribution in [0.15, 0.2) is 67.0 Å². The Hall–Kier alpha value is -4.11. The quantitative estimate of drug-likeness (QED) is 0.158. The van der Waals surface area contributed by atoms with Gasteiger partial charge in [0.2, 0.25) is 5.79 Å². The zero-order valence-electron chi connectivity index (χ0n) is 23.0. The molecule has 1 aromatic heterocycles. The number of fused-ring (bicyclic) bond motifs is 1. The monoisotopic (exact) mass is 524 g/mol. The highest BCUT2D eigenvalue weighted by Crippen LogP contribution is 2.34. The zero-order chi connectivity index (χ0) is 27.7. The third-order valence-corrected chi connectivity index (χ3v) is 6.53. The summed E-state index contributed by atoms with van der Waals surface area (Å²) >= 11 is 0. The molecular formula is C33H36N2O4. The lowest BCUT2D eigenvalue weighted by Gasteiger charge is -2.32. The molecule has 0 fully saturated rings. The molecule has 1 amide bonds. The Morgan fingerprint density at radius 3 is 2.49 bits per heavy atom. The Labute approximate surface area is 231 Å². The maximum absolute atomic E-state index is 13.6. The minimum Gasteiger partial charge on any atom is -0.452 e. The van der Waals surface area contributed by atoms with Crippen molar-refractivity contribution in [2.24, 2.45) is 0 Å². The molecule has 1 aliphatic rings. The molecule has 202 valence electrons. The molecule has 2 aromatic carbocycles. The molecule has 0 N–H and O–H groups in total. The molecule has 4 rings (SSSR count). The molecule has 0 spiro atoms. The highest BCUT2D eigenvalue weighted by atomic mass is 16.7. The van der Waals surface area contributed by atoms with Crippen LogP contribution < -0.4 is 9.64 Å². The van der Waals surface area contributed by atoms with Crippen LogP contribution in [0.1, 0.15) is 97.6 Å². The van der Waals surface area contributed by atoms with Gasteiger partial charge in [0.25, 0.3) is 5.91 Å². The van der Waals surface area contributed by atoms with Gasteiger partial charge >= 0.3 is 5.97 Å². The molecule has 2 heterocycles. The summed E-state index contributed by atoms with van der Waals surface area (Å²) in [6.07, 6.45) is 11.6. The van der Waals surface area contributed by atoms with Crippen LogP contribution in [0.4, 0.5) is 5.69 Å². The molecule has 0 aliphatic carbocycles. The van der Waals surface area contributed by atoms with Crippen LogP contribution in [-0.2, 0) is 11.3 Å². The molecule has 0 bridgehead atoms. The second-order valence-electron chi connectivity index (χ2n) is 10.2. The van der Waals surface area contributed by atoms with Crippen LogP contribution in [0.3, 0.4) is 0 Å². The standard InChI is InChI=1S/C33H36N2O4/c1-4-5-6-7-8-9-10-11-13-25-15-17-26(18-16-25)24-35(31(36)27-14-12-21-34-23-27)28-19-20-30-29(22-28)32(37)39-33(2,3)38-30/h12,14-23H,4-10,24H2,1-3H3. The highest BCUT2D eigenvalue weighted by molar-refractivity contribution is 6.06. The average molecular weight is 525 g/mol. The van der Waals surface area contributed by atoms with Crippen LogP contribution in [0, 0.1) is 11.8 Å². The summed E-state index contributed by atoms with van der Waals surface area (Å²) in [6.45, 7) is 5.90. The van der Waals surface area contributed by atoms with E-state index in [2.05, 4.69) is 23.7 Å². The predicted molar refractivity (Wildman–Crippen MR) is 153 cm³/mol. The lowest BCUT2D eigenvalue weighted by molar-refractivity contribution is -0.127. The number of ether oxygens (including phenoxy) is 2. The number of carbonyl (C=O) groups is 2. The Bertz CT molecular complexity index is 1340. The number of pyridine rings is 1. The van der Waals surface area contributed by atoms with E-state index in [1.165, 1.54) is 38.3 Å². The molecule has 0 unspecified atom stereocenters. The van der Waals surface area contributed by atoms with E-state index >= 15 is 0 Å². The summed E-state index contributed by atoms with van der Waals surface area (Å²) in [5, 5.41) is 0. The van der Waals surface area contributed by atoms with Crippen LogP contribution >= 0.6 is 0 Å². The largest absolute Gasteiger partial charge is 0.452 e. The predicted octanol–water partition coefficient (Wildman–Crippen LogP) is 7.32. The number of amides is 1. The number of hydrogen-bond donors (Lipinski definition) is 0. The first-order chi connectivity index (χ1) is 18.9. The molecule has 0 atom stereocenters. The first-order valence-corrected chi connectivity index (χ1v) is 13.7. The molecule has 39 heavy (non-hydrogen) atoms. The van der Waals surface area contributed by atoms with Crippen molar-refractivity contribution in [3.63, 3.8) is 0 Å². The van der Waals surface area contributed by atoms with E-state index < -0.39 is 11.8 Å². The first kappa shape index (κ1) is 27.9. The number of rotatable bonds is 10. The third kappa shape index (κ3) is 7.70. The van der Waals surface area contributed by atoms with E-state index in [4.69, 9.17) is 9.47 Å². The molecule has 6 nitrogen and oxygen atoms in total. The third-order valence-electron chi connectivity index (χ3n) is 6.53. The van der Waals surface area contributed by atoms with Crippen molar-refractivity contribution in [3.8, 4) is 17.6 Å². The number of nitrogens with zero attached hydrogens (tertiary/aromatic N) is 2. The summed E-state index contributed by atoms with van der Waals surface area (Å²) in [5.74, 6) is 5.20. The smallest absolute Gasteiger partial charge is 0.345 e. The van der Waals surface area contributed by atoms with Crippen LogP contribution in [0.25, 0.3) is 0 Å². The number of aromatic nitrogens is 1. The van der Waals surface area contributed by atoms with Gasteiger partial charge in [0.1, 0.15) is 11.3 Å². The normalized spacial score (nSPS) is 13.4. The van der Waals surface area contributed by atoms with E-state index in [9.17, 15) is 9.59 Å². The Balaban J connectivity index is 1.50. The van der Waals surface area contributed by atoms with E-state index in [0.29, 0.717) is 23.5 Å². The molecule has 1 aliphatic heterocycles. The van der Waals surface area contributed by atoms with Gasteiger partial charge in [-0.3, -0.25) is 9.78 Å². The van der Waals surface area contributed by atoms with Gasteiger partial charge in [0.05, 0.1) is 12.1 Å². The van der Waals surface area contributed by atoms with E-state index in [0.717, 1.165) is 24.0 Å². The van der Waals surface area contributed by atoms with Crippen molar-refractivity contribution in [2.45, 2.75) is 78.0 Å². The lowest BCUT2D eigenvalue weighted by atomic mass is 10.1. The zero-order valence-corrected chi connectivity index (χ0v) is 23.0. The summed E-state index contributed by atoms with van der Waals surface area (Å²) in [4.78, 5) is 32.0. The van der Waals surface area contributed by atoms with Gasteiger partial charge in [-0.2, -0.15) is 0 Å². The van der Waals surface area contributed by atoms with Crippen molar-refractivity contribution in [1.29, 1.82) is 0 Å². The summed E-state index contributed by atoms with van der Waals surface area (Å²) < 4.78 is 11.2. The minimum atomic E-state index is -1.05. The number of esters is 1. The van der Waals surface area contributed by atoms with E-state index in [1.807, 2.05) is 24.3 Å². The molecule has 0 saturated carbocycles. The van der Waals surface area contributed by atoms with Gasteiger partial charge in [0.15, 0.2) is 0 Å². The number of benzene rings is 2. The second-order valence-corrected chi connectivity index (χ2v) is 10.2. The van der Waals surface area contributed by atoms with Gasteiger partial charge in [-0.25, -0.2) is 4.79 Å². The number of hydrogen-bond acceptors (Lipinski definition) is 5. The topological polar surface area (TPSA) is 68.7 Å². The van der Waals surface area contributed by atoms with Gasteiger partial charge in [0, 0.05) is 43.9 Å². The van der Waals surface area contributed by atoms with Crippen LogP contribution in [-0.4, -0.2) is 22.6 Å². The van der Waals surface area contributed by atoms with Crippen molar-refractivity contribution in [2.75, 3.05) is 4.90 Å². The van der Waals surface area contributed by atoms with Gasteiger partial charge in [-0.1, -0.05) is 63.0 Å².